The molecule has 8 heteroatoms. The molecule has 1 fully saturated rings. The van der Waals surface area contributed by atoms with Gasteiger partial charge in [-0.05, 0) is 38.0 Å². The molecule has 0 saturated carbocycles. The average molecular weight is 367 g/mol. The van der Waals surface area contributed by atoms with Crippen LogP contribution in [0.5, 0.6) is 0 Å². The maximum atomic E-state index is 12.9. The number of likely N-dealkylation sites (tertiary alicyclic amines) is 1. The van der Waals surface area contributed by atoms with Crippen molar-refractivity contribution in [1.29, 1.82) is 0 Å². The molecule has 1 unspecified atom stereocenters. The second-order valence-electron chi connectivity index (χ2n) is 6.64. The van der Waals surface area contributed by atoms with Gasteiger partial charge < -0.3 is 10.0 Å². The van der Waals surface area contributed by atoms with Crippen LogP contribution in [0.25, 0.3) is 5.69 Å². The smallest absolute Gasteiger partial charge is 0.373 e. The summed E-state index contributed by atoms with van der Waals surface area (Å²) in [6, 6.07) is 11.5. The molecule has 5 nitrogen and oxygen atoms in total. The number of hydrogen-bond acceptors (Lipinski definition) is 3. The van der Waals surface area contributed by atoms with E-state index in [0.717, 1.165) is 16.3 Å². The standard InChI is InChI=1S/C18H20F3N3O2/c1-17(26,18(19,20)21)16(25)23-11-8-13(9-12-23)15-7-10-22-24(15)14-5-3-2-4-6-14/h2-7,10,13,26H,8-9,11-12H2,1H3. The number of benzene rings is 1. The predicted molar refractivity (Wildman–Crippen MR) is 88.8 cm³/mol. The van der Waals surface area contributed by atoms with Crippen molar-refractivity contribution in [1.82, 2.24) is 14.7 Å². The van der Waals surface area contributed by atoms with Gasteiger partial charge in [0.2, 0.25) is 5.60 Å². The molecule has 1 aliphatic heterocycles. The van der Waals surface area contributed by atoms with E-state index >= 15 is 0 Å². The Bertz CT molecular complexity index is 763. The number of piperidine rings is 1. The van der Waals surface area contributed by atoms with Crippen molar-refractivity contribution in [3.63, 3.8) is 0 Å². The minimum absolute atomic E-state index is 0.0811. The maximum Gasteiger partial charge on any atom is 0.426 e. The number of para-hydroxylation sites is 1. The largest absolute Gasteiger partial charge is 0.426 e. The fourth-order valence-electron chi connectivity index (χ4n) is 3.22. The predicted octanol–water partition coefficient (Wildman–Crippen LogP) is 2.89. The van der Waals surface area contributed by atoms with Gasteiger partial charge in [-0.3, -0.25) is 4.79 Å². The van der Waals surface area contributed by atoms with E-state index in [-0.39, 0.29) is 19.0 Å². The van der Waals surface area contributed by atoms with Crippen LogP contribution < -0.4 is 0 Å². The summed E-state index contributed by atoms with van der Waals surface area (Å²) in [4.78, 5) is 13.2. The van der Waals surface area contributed by atoms with Crippen LogP contribution in [0.1, 0.15) is 31.4 Å². The van der Waals surface area contributed by atoms with E-state index in [2.05, 4.69) is 5.10 Å². The molecule has 0 bridgehead atoms. The molecule has 1 aliphatic rings. The third kappa shape index (κ3) is 3.33. The maximum absolute atomic E-state index is 12.9. The Labute approximate surface area is 149 Å². The van der Waals surface area contributed by atoms with Crippen molar-refractivity contribution < 1.29 is 23.1 Å². The van der Waals surface area contributed by atoms with Crippen LogP contribution >= 0.6 is 0 Å². The number of amides is 1. The summed E-state index contributed by atoms with van der Waals surface area (Å²) in [5.41, 5.74) is -1.48. The number of alkyl halides is 3. The van der Waals surface area contributed by atoms with Crippen LogP contribution in [0.3, 0.4) is 0 Å². The van der Waals surface area contributed by atoms with Crippen molar-refractivity contribution in [2.24, 2.45) is 0 Å². The summed E-state index contributed by atoms with van der Waals surface area (Å²) < 4.78 is 40.4. The summed E-state index contributed by atoms with van der Waals surface area (Å²) >= 11 is 0. The zero-order chi connectivity index (χ0) is 18.9. The van der Waals surface area contributed by atoms with E-state index in [1.54, 1.807) is 6.20 Å². The summed E-state index contributed by atoms with van der Waals surface area (Å²) in [6.07, 6.45) is -2.28. The number of aromatic nitrogens is 2. The van der Waals surface area contributed by atoms with Gasteiger partial charge in [0.25, 0.3) is 5.91 Å². The van der Waals surface area contributed by atoms with Gasteiger partial charge in [-0.15, -0.1) is 0 Å². The highest BCUT2D eigenvalue weighted by Crippen LogP contribution is 2.34. The van der Waals surface area contributed by atoms with Crippen LogP contribution in [0.15, 0.2) is 42.6 Å². The number of nitrogens with zero attached hydrogens (tertiary/aromatic N) is 3. The second kappa shape index (κ2) is 6.75. The first-order valence-electron chi connectivity index (χ1n) is 8.39. The first kappa shape index (κ1) is 18.4. The first-order valence-corrected chi connectivity index (χ1v) is 8.39. The molecular formula is C18H20F3N3O2. The van der Waals surface area contributed by atoms with Crippen LogP contribution in [-0.4, -0.2) is 50.6 Å². The zero-order valence-electron chi connectivity index (χ0n) is 14.3. The fraction of sp³-hybridized carbons (Fsp3) is 0.444. The molecule has 1 amide bonds. The Morgan fingerprint density at radius 3 is 2.35 bits per heavy atom. The van der Waals surface area contributed by atoms with Crippen LogP contribution in [0.4, 0.5) is 13.2 Å². The van der Waals surface area contributed by atoms with Crippen LogP contribution in [-0.2, 0) is 4.79 Å². The van der Waals surface area contributed by atoms with Crippen molar-refractivity contribution >= 4 is 5.91 Å². The molecule has 2 heterocycles. The van der Waals surface area contributed by atoms with E-state index in [0.29, 0.717) is 19.8 Å². The Hall–Kier alpha value is -2.35. The molecule has 2 aromatic rings. The van der Waals surface area contributed by atoms with Gasteiger partial charge in [0.1, 0.15) is 0 Å². The highest BCUT2D eigenvalue weighted by Gasteiger charge is 2.57. The van der Waals surface area contributed by atoms with Crippen molar-refractivity contribution in [2.75, 3.05) is 13.1 Å². The summed E-state index contributed by atoms with van der Waals surface area (Å²) in [7, 11) is 0. The highest BCUT2D eigenvalue weighted by molar-refractivity contribution is 5.85. The molecule has 0 spiro atoms. The van der Waals surface area contributed by atoms with Gasteiger partial charge in [0.05, 0.1) is 5.69 Å². The number of rotatable bonds is 3. The van der Waals surface area contributed by atoms with E-state index in [9.17, 15) is 23.1 Å². The lowest BCUT2D eigenvalue weighted by atomic mass is 9.92. The average Bonchev–Trinajstić information content (AvgIpc) is 3.10. The van der Waals surface area contributed by atoms with Gasteiger partial charge in [0, 0.05) is 30.9 Å². The zero-order valence-corrected chi connectivity index (χ0v) is 14.3. The Balaban J connectivity index is 1.71. The SMILES string of the molecule is CC(O)(C(=O)N1CCC(c2ccnn2-c2ccccc2)CC1)C(F)(F)F. The number of carbonyl (C=O) groups is 1. The molecule has 26 heavy (non-hydrogen) atoms. The second-order valence-corrected chi connectivity index (χ2v) is 6.64. The molecule has 3 rings (SSSR count). The minimum atomic E-state index is -4.99. The van der Waals surface area contributed by atoms with E-state index in [1.807, 2.05) is 41.1 Å². The monoisotopic (exact) mass is 367 g/mol. The number of aliphatic hydroxyl groups is 1. The Morgan fingerprint density at radius 2 is 1.77 bits per heavy atom. The first-order chi connectivity index (χ1) is 12.2. The Morgan fingerprint density at radius 1 is 1.15 bits per heavy atom. The van der Waals surface area contributed by atoms with E-state index in [4.69, 9.17) is 0 Å². The van der Waals surface area contributed by atoms with Crippen molar-refractivity contribution in [3.05, 3.63) is 48.3 Å². The lowest BCUT2D eigenvalue weighted by molar-refractivity contribution is -0.250. The van der Waals surface area contributed by atoms with Gasteiger partial charge >= 0.3 is 6.18 Å². The van der Waals surface area contributed by atoms with Gasteiger partial charge in [-0.2, -0.15) is 18.3 Å². The van der Waals surface area contributed by atoms with Crippen molar-refractivity contribution in [2.45, 2.75) is 37.5 Å². The third-order valence-corrected chi connectivity index (χ3v) is 4.84. The molecular weight excluding hydrogens is 347 g/mol. The summed E-state index contributed by atoms with van der Waals surface area (Å²) in [6.45, 7) is 0.831. The normalized spacial score (nSPS) is 18.6. The van der Waals surface area contributed by atoms with E-state index < -0.39 is 17.7 Å². The van der Waals surface area contributed by atoms with Gasteiger partial charge in [-0.1, -0.05) is 18.2 Å². The molecule has 1 atom stereocenters. The van der Waals surface area contributed by atoms with Gasteiger partial charge in [0.15, 0.2) is 0 Å². The fourth-order valence-corrected chi connectivity index (χ4v) is 3.22. The summed E-state index contributed by atoms with van der Waals surface area (Å²) in [5, 5.41) is 13.9. The molecule has 0 radical (unpaired) electrons. The number of hydrogen-bond donors (Lipinski definition) is 1. The lowest BCUT2D eigenvalue weighted by Crippen LogP contribution is -2.57. The van der Waals surface area contributed by atoms with E-state index in [1.165, 1.54) is 0 Å². The van der Waals surface area contributed by atoms with Crippen molar-refractivity contribution in [3.8, 4) is 5.69 Å². The minimum Gasteiger partial charge on any atom is -0.373 e. The number of carbonyl (C=O) groups excluding carboxylic acids is 1. The van der Waals surface area contributed by atoms with Crippen LogP contribution in [0, 0.1) is 0 Å². The van der Waals surface area contributed by atoms with Crippen LogP contribution in [0.2, 0.25) is 0 Å². The molecule has 1 aromatic carbocycles. The molecule has 0 aliphatic carbocycles. The summed E-state index contributed by atoms with van der Waals surface area (Å²) in [5.74, 6) is -1.21. The quantitative estimate of drug-likeness (QED) is 0.908. The highest BCUT2D eigenvalue weighted by atomic mass is 19.4. The molecule has 1 N–H and O–H groups in total. The Kier molecular flexibility index (Phi) is 4.79. The third-order valence-electron chi connectivity index (χ3n) is 4.84. The molecule has 1 saturated heterocycles. The number of halogens is 3. The molecule has 140 valence electrons. The molecule has 1 aromatic heterocycles. The topological polar surface area (TPSA) is 58.4 Å². The van der Waals surface area contributed by atoms with Gasteiger partial charge in [-0.25, -0.2) is 4.68 Å². The lowest BCUT2D eigenvalue weighted by Gasteiger charge is -2.36.